The lowest BCUT2D eigenvalue weighted by Crippen LogP contribution is -2.61. The Morgan fingerprint density at radius 3 is 2.59 bits per heavy atom. The van der Waals surface area contributed by atoms with Crippen LogP contribution in [0.25, 0.3) is 0 Å². The summed E-state index contributed by atoms with van der Waals surface area (Å²) >= 11 is 3.78. The molecule has 2 unspecified atom stereocenters. The molecular formula is C28H36BrNO2. The van der Waals surface area contributed by atoms with Crippen LogP contribution < -0.4 is 0 Å². The molecule has 0 radical (unpaired) electrons. The maximum atomic E-state index is 6.84. The molecule has 0 bridgehead atoms. The maximum Gasteiger partial charge on any atom is 0.138 e. The average molecular weight is 499 g/mol. The second kappa shape index (κ2) is 10.6. The highest BCUT2D eigenvalue weighted by Crippen LogP contribution is 2.49. The van der Waals surface area contributed by atoms with Crippen molar-refractivity contribution < 1.29 is 9.47 Å². The Bertz CT molecular complexity index is 897. The highest BCUT2D eigenvalue weighted by Gasteiger charge is 2.50. The van der Waals surface area contributed by atoms with E-state index in [1.165, 1.54) is 24.0 Å². The minimum atomic E-state index is -0.0537. The molecule has 172 valence electrons. The Morgan fingerprint density at radius 2 is 1.81 bits per heavy atom. The van der Waals surface area contributed by atoms with Gasteiger partial charge < -0.3 is 9.47 Å². The number of hydrogen-bond donors (Lipinski definition) is 0. The van der Waals surface area contributed by atoms with Crippen molar-refractivity contribution in [3.05, 3.63) is 82.3 Å². The lowest BCUT2D eigenvalue weighted by atomic mass is 9.69. The Balaban J connectivity index is 1.47. The van der Waals surface area contributed by atoms with Gasteiger partial charge in [0.2, 0.25) is 0 Å². The Hall–Kier alpha value is -1.46. The van der Waals surface area contributed by atoms with Gasteiger partial charge in [0.1, 0.15) is 6.23 Å². The van der Waals surface area contributed by atoms with Crippen molar-refractivity contribution in [2.24, 2.45) is 11.8 Å². The molecular weight excluding hydrogens is 462 g/mol. The predicted molar refractivity (Wildman–Crippen MR) is 134 cm³/mol. The largest absolute Gasteiger partial charge is 0.373 e. The predicted octanol–water partition coefficient (Wildman–Crippen LogP) is 7.14. The first kappa shape index (κ1) is 23.7. The van der Waals surface area contributed by atoms with E-state index in [9.17, 15) is 0 Å². The summed E-state index contributed by atoms with van der Waals surface area (Å²) in [6.45, 7) is 9.29. The molecule has 3 nitrogen and oxygen atoms in total. The third-order valence-corrected chi connectivity index (χ3v) is 7.98. The second-order valence-corrected chi connectivity index (χ2v) is 10.7. The van der Waals surface area contributed by atoms with Crippen LogP contribution in [0.3, 0.4) is 0 Å². The first-order valence-electron chi connectivity index (χ1n) is 11.9. The van der Waals surface area contributed by atoms with Gasteiger partial charge in [-0.3, -0.25) is 4.90 Å². The third-order valence-electron chi connectivity index (χ3n) is 7.25. The molecule has 1 aliphatic carbocycles. The molecule has 1 saturated carbocycles. The van der Waals surface area contributed by atoms with Crippen molar-refractivity contribution in [2.45, 2.75) is 64.5 Å². The van der Waals surface area contributed by atoms with E-state index in [0.717, 1.165) is 23.4 Å². The molecule has 4 atom stereocenters. The average Bonchev–Trinajstić information content (AvgIpc) is 2.78. The van der Waals surface area contributed by atoms with E-state index in [2.05, 4.69) is 90.2 Å². The zero-order valence-corrected chi connectivity index (χ0v) is 21.1. The van der Waals surface area contributed by atoms with Gasteiger partial charge in [0.05, 0.1) is 19.3 Å². The van der Waals surface area contributed by atoms with Crippen LogP contribution in [0.5, 0.6) is 0 Å². The molecule has 4 heteroatoms. The molecule has 0 amide bonds. The van der Waals surface area contributed by atoms with Gasteiger partial charge >= 0.3 is 0 Å². The van der Waals surface area contributed by atoms with Crippen LogP contribution in [-0.4, -0.2) is 29.7 Å². The van der Waals surface area contributed by atoms with Gasteiger partial charge in [-0.15, -0.1) is 0 Å². The quantitative estimate of drug-likeness (QED) is 0.299. The summed E-state index contributed by atoms with van der Waals surface area (Å²) in [6, 6.07) is 18.8. The van der Waals surface area contributed by atoms with Crippen molar-refractivity contribution in [2.75, 3.05) is 13.2 Å². The maximum absolute atomic E-state index is 6.84. The molecule has 2 aromatic carbocycles. The van der Waals surface area contributed by atoms with Crippen molar-refractivity contribution in [1.82, 2.24) is 4.90 Å². The monoisotopic (exact) mass is 497 g/mol. The summed E-state index contributed by atoms with van der Waals surface area (Å²) in [5.41, 5.74) is 2.47. The Kier molecular flexibility index (Phi) is 7.88. The smallest absolute Gasteiger partial charge is 0.138 e. The van der Waals surface area contributed by atoms with Crippen LogP contribution in [0.2, 0.25) is 0 Å². The highest BCUT2D eigenvalue weighted by atomic mass is 79.9. The Labute approximate surface area is 201 Å². The van der Waals surface area contributed by atoms with Crippen molar-refractivity contribution >= 4 is 15.9 Å². The number of benzene rings is 2. The normalized spacial score (nSPS) is 28.0. The summed E-state index contributed by atoms with van der Waals surface area (Å²) in [4.78, 5) is 2.54. The SMILES string of the molecule is C[C@@H]1CCC2C(C1)O[C@@H](c1ccccc1Br)N(C/C=C/COCc1ccccc1)C2(C)C. The third kappa shape index (κ3) is 5.36. The van der Waals surface area contributed by atoms with Crippen molar-refractivity contribution in [3.8, 4) is 0 Å². The molecule has 4 rings (SSSR count). The summed E-state index contributed by atoms with van der Waals surface area (Å²) in [7, 11) is 0. The van der Waals surface area contributed by atoms with Gasteiger partial charge in [0.25, 0.3) is 0 Å². The molecule has 2 aliphatic rings. The summed E-state index contributed by atoms with van der Waals surface area (Å²) in [6.07, 6.45) is 8.34. The fourth-order valence-electron chi connectivity index (χ4n) is 5.36. The van der Waals surface area contributed by atoms with E-state index in [1.54, 1.807) is 0 Å². The van der Waals surface area contributed by atoms with E-state index in [0.29, 0.717) is 25.2 Å². The molecule has 32 heavy (non-hydrogen) atoms. The van der Waals surface area contributed by atoms with E-state index in [1.807, 2.05) is 18.2 Å². The van der Waals surface area contributed by atoms with Crippen LogP contribution in [0, 0.1) is 11.8 Å². The number of hydrogen-bond acceptors (Lipinski definition) is 3. The number of fused-ring (bicyclic) bond motifs is 1. The van der Waals surface area contributed by atoms with Crippen LogP contribution in [0.1, 0.15) is 57.4 Å². The first-order chi connectivity index (χ1) is 15.5. The molecule has 0 spiro atoms. The van der Waals surface area contributed by atoms with Crippen LogP contribution in [0.4, 0.5) is 0 Å². The molecule has 1 heterocycles. The van der Waals surface area contributed by atoms with Gasteiger partial charge in [-0.1, -0.05) is 90.0 Å². The number of nitrogens with zero attached hydrogens (tertiary/aromatic N) is 1. The first-order valence-corrected chi connectivity index (χ1v) is 12.7. The molecule has 0 N–H and O–H groups in total. The van der Waals surface area contributed by atoms with E-state index in [4.69, 9.17) is 9.47 Å². The van der Waals surface area contributed by atoms with Gasteiger partial charge in [-0.25, -0.2) is 0 Å². The summed E-state index contributed by atoms with van der Waals surface area (Å²) in [5, 5.41) is 0. The molecule has 1 aliphatic heterocycles. The van der Waals surface area contributed by atoms with E-state index in [-0.39, 0.29) is 11.8 Å². The lowest BCUT2D eigenvalue weighted by molar-refractivity contribution is -0.234. The minimum absolute atomic E-state index is 0.0537. The van der Waals surface area contributed by atoms with Gasteiger partial charge in [-0.2, -0.15) is 0 Å². The summed E-state index contributed by atoms with van der Waals surface area (Å²) in [5.74, 6) is 1.29. The number of ether oxygens (including phenoxy) is 2. The van der Waals surface area contributed by atoms with Crippen LogP contribution in [0.15, 0.2) is 71.2 Å². The second-order valence-electron chi connectivity index (χ2n) is 9.85. The van der Waals surface area contributed by atoms with E-state index < -0.39 is 0 Å². The zero-order chi connectivity index (χ0) is 22.6. The minimum Gasteiger partial charge on any atom is -0.373 e. The van der Waals surface area contributed by atoms with Crippen molar-refractivity contribution in [3.63, 3.8) is 0 Å². The lowest BCUT2D eigenvalue weighted by Gasteiger charge is -2.57. The highest BCUT2D eigenvalue weighted by molar-refractivity contribution is 9.10. The fourth-order valence-corrected chi connectivity index (χ4v) is 5.84. The van der Waals surface area contributed by atoms with Gasteiger partial charge in [0.15, 0.2) is 0 Å². The number of halogens is 1. The topological polar surface area (TPSA) is 21.7 Å². The fraction of sp³-hybridized carbons (Fsp3) is 0.500. The molecule has 1 saturated heterocycles. The van der Waals surface area contributed by atoms with E-state index >= 15 is 0 Å². The zero-order valence-electron chi connectivity index (χ0n) is 19.5. The number of rotatable bonds is 7. The van der Waals surface area contributed by atoms with Crippen LogP contribution in [-0.2, 0) is 16.1 Å². The van der Waals surface area contributed by atoms with Gasteiger partial charge in [0, 0.05) is 28.0 Å². The summed E-state index contributed by atoms with van der Waals surface area (Å²) < 4.78 is 13.8. The van der Waals surface area contributed by atoms with Crippen molar-refractivity contribution in [1.29, 1.82) is 0 Å². The molecule has 0 aromatic heterocycles. The van der Waals surface area contributed by atoms with Crippen LogP contribution >= 0.6 is 15.9 Å². The molecule has 2 fully saturated rings. The Morgan fingerprint density at radius 1 is 1.06 bits per heavy atom. The van der Waals surface area contributed by atoms with Gasteiger partial charge in [-0.05, 0) is 44.2 Å². The standard InChI is InChI=1S/C28H36BrNO2/c1-21-15-16-24-26(19-21)32-27(23-13-7-8-14-25(23)29)30(28(24,2)3)17-9-10-18-31-20-22-11-5-4-6-12-22/h4-14,21,24,26-27H,15-20H2,1-3H3/b10-9+/t21-,24?,26?,27+/m1/s1. The molecule has 2 aromatic rings.